The maximum Gasteiger partial charge on any atom is 0.141 e. The summed E-state index contributed by atoms with van der Waals surface area (Å²) in [5.74, 6) is 5.99. The predicted molar refractivity (Wildman–Crippen MR) is 72.9 cm³/mol. The van der Waals surface area contributed by atoms with Crippen molar-refractivity contribution in [2.24, 2.45) is 11.3 Å². The van der Waals surface area contributed by atoms with Gasteiger partial charge in [-0.3, -0.25) is 0 Å². The Balaban J connectivity index is 2.54. The van der Waals surface area contributed by atoms with Crippen LogP contribution in [0.2, 0.25) is 0 Å². The molecule has 1 heterocycles. The number of hydrogen-bond acceptors (Lipinski definition) is 5. The minimum atomic E-state index is 0.211. The molecule has 0 atom stereocenters. The number of nitrogen functional groups attached to an aromatic ring is 1. The second-order valence-electron chi connectivity index (χ2n) is 5.33. The van der Waals surface area contributed by atoms with Crippen molar-refractivity contribution in [3.8, 4) is 0 Å². The summed E-state index contributed by atoms with van der Waals surface area (Å²) in [6.45, 7) is 6.42. The summed E-state index contributed by atoms with van der Waals surface area (Å²) < 4.78 is 0. The van der Waals surface area contributed by atoms with E-state index >= 15 is 0 Å². The lowest BCUT2D eigenvalue weighted by molar-refractivity contribution is 0.254. The van der Waals surface area contributed by atoms with Gasteiger partial charge in [0, 0.05) is 31.0 Å². The second-order valence-corrected chi connectivity index (χ2v) is 5.33. The van der Waals surface area contributed by atoms with E-state index in [1.54, 1.807) is 6.20 Å². The SMILES string of the molecule is CN(C)CC(C)(C)CNc1ccnc(NN)c1. The summed E-state index contributed by atoms with van der Waals surface area (Å²) in [5.41, 5.74) is 3.78. The largest absolute Gasteiger partial charge is 0.384 e. The topological polar surface area (TPSA) is 66.2 Å². The van der Waals surface area contributed by atoms with Gasteiger partial charge in [-0.25, -0.2) is 10.8 Å². The van der Waals surface area contributed by atoms with Gasteiger partial charge in [0.2, 0.25) is 0 Å². The molecule has 0 aliphatic carbocycles. The molecule has 0 aliphatic rings. The standard InChI is InChI=1S/C12H23N5/c1-12(2,9-17(3)4)8-15-10-5-6-14-11(7-10)16-13/h5-7H,8-9,13H2,1-4H3,(H2,14,15,16). The highest BCUT2D eigenvalue weighted by atomic mass is 15.2. The molecule has 0 spiro atoms. The van der Waals surface area contributed by atoms with Crippen LogP contribution in [0, 0.1) is 5.41 Å². The first kappa shape index (κ1) is 13.7. The van der Waals surface area contributed by atoms with Gasteiger partial charge in [-0.05, 0) is 25.6 Å². The molecular formula is C12H23N5. The van der Waals surface area contributed by atoms with Gasteiger partial charge in [0.15, 0.2) is 0 Å². The number of aromatic nitrogens is 1. The monoisotopic (exact) mass is 237 g/mol. The number of nitrogens with zero attached hydrogens (tertiary/aromatic N) is 2. The van der Waals surface area contributed by atoms with Crippen LogP contribution in [0.4, 0.5) is 11.5 Å². The predicted octanol–water partition coefficient (Wildman–Crippen LogP) is 1.37. The Hall–Kier alpha value is -1.33. The van der Waals surface area contributed by atoms with Crippen LogP contribution in [-0.4, -0.2) is 37.1 Å². The molecule has 1 aromatic heterocycles. The second kappa shape index (κ2) is 5.84. The molecule has 0 fully saturated rings. The van der Waals surface area contributed by atoms with Gasteiger partial charge >= 0.3 is 0 Å². The maximum absolute atomic E-state index is 5.32. The lowest BCUT2D eigenvalue weighted by atomic mass is 9.93. The van der Waals surface area contributed by atoms with Gasteiger partial charge in [0.1, 0.15) is 5.82 Å². The normalized spacial score (nSPS) is 11.6. The van der Waals surface area contributed by atoms with E-state index in [1.165, 1.54) is 0 Å². The molecule has 0 amide bonds. The smallest absolute Gasteiger partial charge is 0.141 e. The Morgan fingerprint density at radius 2 is 2.12 bits per heavy atom. The van der Waals surface area contributed by atoms with Crippen LogP contribution >= 0.6 is 0 Å². The number of hydrogen-bond donors (Lipinski definition) is 3. The third-order valence-corrected chi connectivity index (χ3v) is 2.42. The van der Waals surface area contributed by atoms with Crippen molar-refractivity contribution in [3.05, 3.63) is 18.3 Å². The Kier molecular flexibility index (Phi) is 4.72. The molecule has 0 bridgehead atoms. The zero-order valence-electron chi connectivity index (χ0n) is 11.1. The molecule has 0 unspecified atom stereocenters. The molecule has 17 heavy (non-hydrogen) atoms. The molecule has 1 aromatic rings. The highest BCUT2D eigenvalue weighted by Crippen LogP contribution is 2.18. The molecule has 0 radical (unpaired) electrons. The lowest BCUT2D eigenvalue weighted by Crippen LogP contribution is -2.34. The van der Waals surface area contributed by atoms with Crippen LogP contribution < -0.4 is 16.6 Å². The minimum absolute atomic E-state index is 0.211. The van der Waals surface area contributed by atoms with E-state index in [9.17, 15) is 0 Å². The highest BCUT2D eigenvalue weighted by Gasteiger charge is 2.18. The van der Waals surface area contributed by atoms with Crippen molar-refractivity contribution in [1.82, 2.24) is 9.88 Å². The molecule has 5 nitrogen and oxygen atoms in total. The number of rotatable bonds is 6. The summed E-state index contributed by atoms with van der Waals surface area (Å²) in [6, 6.07) is 3.83. The average Bonchev–Trinajstić information content (AvgIpc) is 2.25. The molecule has 0 saturated heterocycles. The molecule has 0 aliphatic heterocycles. The molecule has 0 aromatic carbocycles. The van der Waals surface area contributed by atoms with E-state index in [4.69, 9.17) is 5.84 Å². The Labute approximate surface area is 103 Å². The number of hydrazine groups is 1. The molecule has 0 saturated carbocycles. The van der Waals surface area contributed by atoms with Crippen molar-refractivity contribution in [2.75, 3.05) is 37.9 Å². The van der Waals surface area contributed by atoms with E-state index in [2.05, 4.69) is 48.6 Å². The Morgan fingerprint density at radius 3 is 2.71 bits per heavy atom. The molecule has 96 valence electrons. The first-order valence-electron chi connectivity index (χ1n) is 5.74. The van der Waals surface area contributed by atoms with E-state index < -0.39 is 0 Å². The minimum Gasteiger partial charge on any atom is -0.384 e. The summed E-state index contributed by atoms with van der Waals surface area (Å²) >= 11 is 0. The Morgan fingerprint density at radius 1 is 1.41 bits per heavy atom. The van der Waals surface area contributed by atoms with E-state index in [1.807, 2.05) is 12.1 Å². The molecule has 1 rings (SSSR count). The van der Waals surface area contributed by atoms with Crippen LogP contribution in [0.1, 0.15) is 13.8 Å². The number of nitrogens with one attached hydrogen (secondary N) is 2. The van der Waals surface area contributed by atoms with Crippen molar-refractivity contribution < 1.29 is 0 Å². The van der Waals surface area contributed by atoms with Crippen LogP contribution in [0.15, 0.2) is 18.3 Å². The summed E-state index contributed by atoms with van der Waals surface area (Å²) in [6.07, 6.45) is 1.73. The number of pyridine rings is 1. The molecule has 4 N–H and O–H groups in total. The van der Waals surface area contributed by atoms with Gasteiger partial charge in [-0.2, -0.15) is 0 Å². The Bertz CT molecular complexity index is 349. The quantitative estimate of drug-likeness (QED) is 0.515. The van der Waals surface area contributed by atoms with E-state index in [0.717, 1.165) is 18.8 Å². The van der Waals surface area contributed by atoms with Crippen LogP contribution in [0.25, 0.3) is 0 Å². The first-order valence-corrected chi connectivity index (χ1v) is 5.74. The number of nitrogens with two attached hydrogens (primary N) is 1. The first-order chi connectivity index (χ1) is 7.93. The van der Waals surface area contributed by atoms with Gasteiger partial charge in [-0.15, -0.1) is 0 Å². The third kappa shape index (κ3) is 5.01. The lowest BCUT2D eigenvalue weighted by Gasteiger charge is -2.28. The summed E-state index contributed by atoms with van der Waals surface area (Å²) in [5, 5.41) is 3.40. The van der Waals surface area contributed by atoms with Gasteiger partial charge in [0.05, 0.1) is 0 Å². The molecular weight excluding hydrogens is 214 g/mol. The highest BCUT2D eigenvalue weighted by molar-refractivity contribution is 5.51. The van der Waals surface area contributed by atoms with Crippen molar-refractivity contribution in [2.45, 2.75) is 13.8 Å². The van der Waals surface area contributed by atoms with Crippen LogP contribution in [-0.2, 0) is 0 Å². The van der Waals surface area contributed by atoms with Crippen molar-refractivity contribution >= 4 is 11.5 Å². The van der Waals surface area contributed by atoms with Gasteiger partial charge in [0.25, 0.3) is 0 Å². The van der Waals surface area contributed by atoms with Crippen LogP contribution in [0.3, 0.4) is 0 Å². The van der Waals surface area contributed by atoms with Crippen molar-refractivity contribution in [3.63, 3.8) is 0 Å². The fourth-order valence-electron chi connectivity index (χ4n) is 1.87. The summed E-state index contributed by atoms with van der Waals surface area (Å²) in [7, 11) is 4.18. The fourth-order valence-corrected chi connectivity index (χ4v) is 1.87. The fraction of sp³-hybridized carbons (Fsp3) is 0.583. The van der Waals surface area contributed by atoms with Gasteiger partial charge in [-0.1, -0.05) is 13.8 Å². The van der Waals surface area contributed by atoms with Crippen molar-refractivity contribution in [1.29, 1.82) is 0 Å². The third-order valence-electron chi connectivity index (χ3n) is 2.42. The maximum atomic E-state index is 5.32. The van der Waals surface area contributed by atoms with E-state index in [-0.39, 0.29) is 5.41 Å². The molecule has 5 heteroatoms. The van der Waals surface area contributed by atoms with Gasteiger partial charge < -0.3 is 15.6 Å². The zero-order valence-corrected chi connectivity index (χ0v) is 11.1. The zero-order chi connectivity index (χ0) is 12.9. The van der Waals surface area contributed by atoms with Crippen LogP contribution in [0.5, 0.6) is 0 Å². The number of anilines is 2. The summed E-state index contributed by atoms with van der Waals surface area (Å²) in [4.78, 5) is 6.26. The average molecular weight is 237 g/mol. The van der Waals surface area contributed by atoms with E-state index in [0.29, 0.717) is 5.82 Å².